The normalized spacial score (nSPS) is 17.2. The van der Waals surface area contributed by atoms with Crippen molar-refractivity contribution in [3.63, 3.8) is 0 Å². The Morgan fingerprint density at radius 2 is 1.91 bits per heavy atom. The Morgan fingerprint density at radius 1 is 1.20 bits per heavy atom. The predicted molar refractivity (Wildman–Crippen MR) is 130 cm³/mol. The lowest BCUT2D eigenvalue weighted by atomic mass is 9.93. The number of carboxylic acid groups (broad SMARTS) is 2. The lowest BCUT2D eigenvalue weighted by Crippen LogP contribution is -2.41. The fourth-order valence-electron chi connectivity index (χ4n) is 3.67. The summed E-state index contributed by atoms with van der Waals surface area (Å²) in [7, 11) is 0. The van der Waals surface area contributed by atoms with Gasteiger partial charge in [0.05, 0.1) is 17.8 Å². The van der Waals surface area contributed by atoms with E-state index in [0.29, 0.717) is 23.7 Å². The molecule has 1 heterocycles. The van der Waals surface area contributed by atoms with Gasteiger partial charge in [-0.2, -0.15) is 4.99 Å². The van der Waals surface area contributed by atoms with E-state index in [0.717, 1.165) is 5.69 Å². The summed E-state index contributed by atoms with van der Waals surface area (Å²) in [5, 5.41) is 20.3. The number of nitrogens with zero attached hydrogens (tertiary/aromatic N) is 3. The maximum Gasteiger partial charge on any atom is 0.326 e. The number of hydrogen-bond acceptors (Lipinski definition) is 6. The highest BCUT2D eigenvalue weighted by atomic mass is 16.4. The second-order valence-corrected chi connectivity index (χ2v) is 7.99. The quantitative estimate of drug-likeness (QED) is 0.435. The molecule has 0 saturated carbocycles. The molecule has 1 unspecified atom stereocenters. The van der Waals surface area contributed by atoms with Gasteiger partial charge in [0.15, 0.2) is 0 Å². The van der Waals surface area contributed by atoms with Gasteiger partial charge in [-0.3, -0.25) is 14.4 Å². The number of nitrogens with one attached hydrogen (secondary N) is 1. The molecule has 0 bridgehead atoms. The van der Waals surface area contributed by atoms with E-state index < -0.39 is 23.9 Å². The molecule has 2 atom stereocenters. The molecule has 180 valence electrons. The van der Waals surface area contributed by atoms with Gasteiger partial charge in [0.2, 0.25) is 0 Å². The number of carboxylic acids is 2. The molecule has 0 spiro atoms. The Labute approximate surface area is 201 Å². The molecule has 0 radical (unpaired) electrons. The summed E-state index contributed by atoms with van der Waals surface area (Å²) in [6.45, 7) is 2.41. The molecule has 1 aliphatic heterocycles. The summed E-state index contributed by atoms with van der Waals surface area (Å²) in [5.41, 5.74) is 1.99. The first-order valence-electron chi connectivity index (χ1n) is 10.8. The summed E-state index contributed by atoms with van der Waals surface area (Å²) in [5.74, 6) is -0.517. The first kappa shape index (κ1) is 25.1. The number of amidine groups is 1. The largest absolute Gasteiger partial charge is 0.481 e. The number of fused-ring (bicyclic) bond motifs is 1. The zero-order chi connectivity index (χ0) is 25.5. The molecule has 1 aromatic rings. The monoisotopic (exact) mass is 476 g/mol. The van der Waals surface area contributed by atoms with Crippen molar-refractivity contribution in [3.8, 4) is 12.3 Å². The topological polar surface area (TPSA) is 149 Å². The number of hydrogen-bond donors (Lipinski definition) is 3. The highest BCUT2D eigenvalue weighted by Gasteiger charge is 2.25. The van der Waals surface area contributed by atoms with Gasteiger partial charge in [-0.15, -0.1) is 6.42 Å². The van der Waals surface area contributed by atoms with E-state index >= 15 is 0 Å². The smallest absolute Gasteiger partial charge is 0.326 e. The minimum absolute atomic E-state index is 0.122. The fraction of sp³-hybridized carbons (Fsp3) is 0.280. The molecule has 10 nitrogen and oxygen atoms in total. The number of benzene rings is 1. The molecule has 3 N–H and O–H groups in total. The zero-order valence-electron chi connectivity index (χ0n) is 19.0. The first-order chi connectivity index (χ1) is 16.7. The number of rotatable bonds is 10. The average molecular weight is 476 g/mol. The molecule has 0 fully saturated rings. The molecule has 0 aromatic heterocycles. The van der Waals surface area contributed by atoms with Crippen LogP contribution in [0.15, 0.2) is 58.1 Å². The molecule has 0 saturated heterocycles. The maximum absolute atomic E-state index is 12.5. The summed E-state index contributed by atoms with van der Waals surface area (Å²) < 4.78 is 0. The Hall–Kier alpha value is -4.52. The van der Waals surface area contributed by atoms with Crippen LogP contribution < -0.4 is 10.2 Å². The van der Waals surface area contributed by atoms with E-state index in [1.54, 1.807) is 25.1 Å². The SMILES string of the molecule is C#CCN(CC1C=CC2=NC(C)=NC(=O)C2=C1)c1ccc(C(=O)N[C@@H](CCC(=O)O)C(=O)O)cc1. The third-order valence-electron chi connectivity index (χ3n) is 5.39. The Morgan fingerprint density at radius 3 is 2.54 bits per heavy atom. The summed E-state index contributed by atoms with van der Waals surface area (Å²) in [6, 6.07) is 5.13. The van der Waals surface area contributed by atoms with Crippen LogP contribution in [0.4, 0.5) is 5.69 Å². The van der Waals surface area contributed by atoms with Crippen LogP contribution in [0.5, 0.6) is 0 Å². The zero-order valence-corrected chi connectivity index (χ0v) is 19.0. The molecule has 1 aromatic carbocycles. The third kappa shape index (κ3) is 6.51. The van der Waals surface area contributed by atoms with Crippen molar-refractivity contribution in [1.82, 2.24) is 5.32 Å². The second-order valence-electron chi connectivity index (χ2n) is 7.99. The van der Waals surface area contributed by atoms with E-state index in [-0.39, 0.29) is 36.8 Å². The number of allylic oxidation sites excluding steroid dienone is 1. The molecule has 10 heteroatoms. The van der Waals surface area contributed by atoms with Crippen molar-refractivity contribution in [2.45, 2.75) is 25.8 Å². The van der Waals surface area contributed by atoms with Gasteiger partial charge >= 0.3 is 11.9 Å². The van der Waals surface area contributed by atoms with Crippen LogP contribution in [-0.4, -0.2) is 64.6 Å². The minimum Gasteiger partial charge on any atom is -0.481 e. The van der Waals surface area contributed by atoms with Gasteiger partial charge in [-0.1, -0.05) is 18.1 Å². The first-order valence-corrected chi connectivity index (χ1v) is 10.8. The van der Waals surface area contributed by atoms with Crippen molar-refractivity contribution < 1.29 is 29.4 Å². The minimum atomic E-state index is -1.31. The number of carbonyl (C=O) groups excluding carboxylic acids is 2. The highest BCUT2D eigenvalue weighted by Crippen LogP contribution is 2.23. The van der Waals surface area contributed by atoms with Crippen LogP contribution in [0.3, 0.4) is 0 Å². The van der Waals surface area contributed by atoms with Crippen molar-refractivity contribution in [1.29, 1.82) is 0 Å². The molecule has 2 amide bonds. The Kier molecular flexibility index (Phi) is 7.94. The van der Waals surface area contributed by atoms with E-state index in [1.165, 1.54) is 12.1 Å². The number of amides is 2. The van der Waals surface area contributed by atoms with E-state index in [4.69, 9.17) is 11.5 Å². The standard InChI is InChI=1S/C25H24N4O6/c1-3-12-29(14-16-4-9-20-19(13-16)24(33)27-15(2)26-20)18-7-5-17(6-8-18)23(32)28-21(25(34)35)10-11-22(30)31/h1,4-9,13,16,21H,10-12,14H2,2H3,(H,28,32)(H,30,31)(H,34,35)/t16?,21-/m0/s1. The van der Waals surface area contributed by atoms with Gasteiger partial charge in [0.1, 0.15) is 11.9 Å². The lowest BCUT2D eigenvalue weighted by molar-refractivity contribution is -0.140. The number of terminal acetylenes is 1. The van der Waals surface area contributed by atoms with Crippen molar-refractivity contribution in [3.05, 3.63) is 53.6 Å². The van der Waals surface area contributed by atoms with Crippen LogP contribution in [0.2, 0.25) is 0 Å². The van der Waals surface area contributed by atoms with Crippen molar-refractivity contribution in [2.75, 3.05) is 18.0 Å². The van der Waals surface area contributed by atoms with Crippen LogP contribution >= 0.6 is 0 Å². The van der Waals surface area contributed by atoms with Gasteiger partial charge in [-0.25, -0.2) is 9.79 Å². The van der Waals surface area contributed by atoms with E-state index in [9.17, 15) is 24.3 Å². The Balaban J connectivity index is 1.70. The average Bonchev–Trinajstić information content (AvgIpc) is 2.81. The predicted octanol–water partition coefficient (Wildman–Crippen LogP) is 1.69. The molecule has 35 heavy (non-hydrogen) atoms. The van der Waals surface area contributed by atoms with Gasteiger partial charge in [-0.05, 0) is 43.7 Å². The van der Waals surface area contributed by atoms with Crippen molar-refractivity contribution >= 4 is 41.0 Å². The van der Waals surface area contributed by atoms with Crippen LogP contribution in [0.1, 0.15) is 30.1 Å². The maximum atomic E-state index is 12.5. The van der Waals surface area contributed by atoms with Crippen LogP contribution in [0, 0.1) is 18.3 Å². The summed E-state index contributed by atoms with van der Waals surface area (Å²) >= 11 is 0. The summed E-state index contributed by atoms with van der Waals surface area (Å²) in [6.07, 6.45) is 10.5. The lowest BCUT2D eigenvalue weighted by Gasteiger charge is -2.27. The number of carbonyl (C=O) groups is 4. The summed E-state index contributed by atoms with van der Waals surface area (Å²) in [4.78, 5) is 56.8. The number of anilines is 1. The molecular formula is C25H24N4O6. The van der Waals surface area contributed by atoms with Gasteiger partial charge < -0.3 is 20.4 Å². The second kappa shape index (κ2) is 11.1. The van der Waals surface area contributed by atoms with E-state index in [2.05, 4.69) is 21.2 Å². The number of aliphatic carboxylic acids is 2. The van der Waals surface area contributed by atoms with Crippen molar-refractivity contribution in [2.24, 2.45) is 15.9 Å². The van der Waals surface area contributed by atoms with Crippen LogP contribution in [0.25, 0.3) is 0 Å². The third-order valence-corrected chi connectivity index (χ3v) is 5.39. The molecule has 1 aliphatic carbocycles. The van der Waals surface area contributed by atoms with Crippen LogP contribution in [-0.2, 0) is 14.4 Å². The van der Waals surface area contributed by atoms with Gasteiger partial charge in [0.25, 0.3) is 11.8 Å². The fourth-order valence-corrected chi connectivity index (χ4v) is 3.67. The molecule has 2 aliphatic rings. The molecular weight excluding hydrogens is 452 g/mol. The van der Waals surface area contributed by atoms with E-state index in [1.807, 2.05) is 17.1 Å². The van der Waals surface area contributed by atoms with Gasteiger partial charge in [0, 0.05) is 30.1 Å². The Bertz CT molecular complexity index is 1200. The highest BCUT2D eigenvalue weighted by molar-refractivity contribution is 6.32. The molecule has 3 rings (SSSR count). The number of aliphatic imine (C=N–C) groups is 2.